The number of hydrogen-bond acceptors (Lipinski definition) is 4. The van der Waals surface area contributed by atoms with Crippen molar-refractivity contribution in [3.63, 3.8) is 0 Å². The van der Waals surface area contributed by atoms with Crippen molar-refractivity contribution in [1.29, 1.82) is 0 Å². The van der Waals surface area contributed by atoms with E-state index in [0.29, 0.717) is 18.1 Å². The average Bonchev–Trinajstić information content (AvgIpc) is 3.23. The molecule has 0 bridgehead atoms. The van der Waals surface area contributed by atoms with Gasteiger partial charge in [-0.05, 0) is 69.3 Å². The molecule has 4 aromatic rings. The minimum Gasteiger partial charge on any atom is -0.441 e. The largest absolute Gasteiger partial charge is 0.441 e. The lowest BCUT2D eigenvalue weighted by Crippen LogP contribution is -2.11. The van der Waals surface area contributed by atoms with Crippen LogP contribution in [0.4, 0.5) is 10.1 Å². The molecule has 2 aromatic carbocycles. The molecule has 0 aliphatic carbocycles. The average molecular weight is 404 g/mol. The molecule has 2 heterocycles. The van der Waals surface area contributed by atoms with E-state index in [-0.39, 0.29) is 11.5 Å². The molecule has 0 aliphatic rings. The topological polar surface area (TPSA) is 73.0 Å². The van der Waals surface area contributed by atoms with Gasteiger partial charge < -0.3 is 9.73 Å². The maximum Gasteiger partial charge on any atom is 0.255 e. The molecule has 0 unspecified atom stereocenters. The molecule has 7 heteroatoms. The van der Waals surface area contributed by atoms with Gasteiger partial charge in [-0.3, -0.25) is 9.48 Å². The van der Waals surface area contributed by atoms with Crippen molar-refractivity contribution >= 4 is 11.6 Å². The zero-order valence-electron chi connectivity index (χ0n) is 16.9. The molecule has 0 fully saturated rings. The van der Waals surface area contributed by atoms with Gasteiger partial charge in [0.05, 0.1) is 12.2 Å². The number of hydrogen-bond donors (Lipinski definition) is 1. The normalized spacial score (nSPS) is 10.9. The molecule has 2 aromatic heterocycles. The monoisotopic (exact) mass is 404 g/mol. The van der Waals surface area contributed by atoms with E-state index in [1.165, 1.54) is 18.2 Å². The number of nitrogens with zero attached hydrogens (tertiary/aromatic N) is 3. The van der Waals surface area contributed by atoms with Crippen molar-refractivity contribution in [2.45, 2.75) is 27.3 Å². The van der Waals surface area contributed by atoms with Crippen LogP contribution in [0, 0.1) is 26.6 Å². The fourth-order valence-corrected chi connectivity index (χ4v) is 3.20. The highest BCUT2D eigenvalue weighted by atomic mass is 19.1. The highest BCUT2D eigenvalue weighted by molar-refractivity contribution is 6.04. The molecule has 0 saturated heterocycles. The van der Waals surface area contributed by atoms with Crippen LogP contribution in [0.15, 0.2) is 59.0 Å². The first-order valence-electron chi connectivity index (χ1n) is 9.54. The summed E-state index contributed by atoms with van der Waals surface area (Å²) in [6.07, 6.45) is 0. The van der Waals surface area contributed by atoms with Crippen LogP contribution in [0.25, 0.3) is 11.5 Å². The highest BCUT2D eigenvalue weighted by Crippen LogP contribution is 2.24. The Kier molecular flexibility index (Phi) is 5.18. The summed E-state index contributed by atoms with van der Waals surface area (Å²) in [7, 11) is 0. The Labute approximate surface area is 173 Å². The maximum absolute atomic E-state index is 13.3. The summed E-state index contributed by atoms with van der Waals surface area (Å²) >= 11 is 0. The van der Waals surface area contributed by atoms with E-state index in [0.717, 1.165) is 28.4 Å². The molecule has 30 heavy (non-hydrogen) atoms. The van der Waals surface area contributed by atoms with E-state index in [1.54, 1.807) is 18.2 Å². The second-order valence-electron chi connectivity index (χ2n) is 7.15. The SMILES string of the molecule is Cc1cc(C)n(Cc2nc(-c3ccc(NC(=O)c4cccc(F)c4)cc3)oc2C)n1. The van der Waals surface area contributed by atoms with E-state index >= 15 is 0 Å². The lowest BCUT2D eigenvalue weighted by molar-refractivity contribution is 0.102. The number of halogens is 1. The van der Waals surface area contributed by atoms with Crippen molar-refractivity contribution in [3.05, 3.63) is 88.8 Å². The third-order valence-corrected chi connectivity index (χ3v) is 4.77. The number of benzene rings is 2. The van der Waals surface area contributed by atoms with Crippen LogP contribution >= 0.6 is 0 Å². The predicted octanol–water partition coefficient (Wildman–Crippen LogP) is 4.90. The van der Waals surface area contributed by atoms with E-state index in [1.807, 2.05) is 43.7 Å². The van der Waals surface area contributed by atoms with Gasteiger partial charge in [0.2, 0.25) is 5.89 Å². The third-order valence-electron chi connectivity index (χ3n) is 4.77. The van der Waals surface area contributed by atoms with Gasteiger partial charge in [-0.25, -0.2) is 9.37 Å². The van der Waals surface area contributed by atoms with Crippen LogP contribution in [-0.2, 0) is 6.54 Å². The fraction of sp³-hybridized carbons (Fsp3) is 0.174. The van der Waals surface area contributed by atoms with Crippen LogP contribution in [0.5, 0.6) is 0 Å². The molecule has 0 spiro atoms. The van der Waals surface area contributed by atoms with Gasteiger partial charge in [0, 0.05) is 22.5 Å². The first kappa shape index (κ1) is 19.6. The van der Waals surface area contributed by atoms with E-state index in [2.05, 4.69) is 15.4 Å². The summed E-state index contributed by atoms with van der Waals surface area (Å²) < 4.78 is 21.0. The number of carbonyl (C=O) groups excluding carboxylic acids is 1. The summed E-state index contributed by atoms with van der Waals surface area (Å²) in [6.45, 7) is 6.38. The van der Waals surface area contributed by atoms with E-state index in [4.69, 9.17) is 4.42 Å². The van der Waals surface area contributed by atoms with E-state index in [9.17, 15) is 9.18 Å². The Morgan fingerprint density at radius 3 is 2.53 bits per heavy atom. The first-order chi connectivity index (χ1) is 14.4. The Bertz CT molecular complexity index is 1210. The molecule has 1 amide bonds. The summed E-state index contributed by atoms with van der Waals surface area (Å²) in [6, 6.07) is 14.7. The minimum atomic E-state index is -0.450. The molecule has 4 rings (SSSR count). The smallest absolute Gasteiger partial charge is 0.255 e. The zero-order valence-corrected chi connectivity index (χ0v) is 16.9. The third kappa shape index (κ3) is 4.15. The molecule has 0 aliphatic heterocycles. The van der Waals surface area contributed by atoms with Crippen LogP contribution < -0.4 is 5.32 Å². The molecular weight excluding hydrogens is 383 g/mol. The number of carbonyl (C=O) groups is 1. The van der Waals surface area contributed by atoms with Gasteiger partial charge in [-0.15, -0.1) is 0 Å². The van der Waals surface area contributed by atoms with Crippen LogP contribution in [0.3, 0.4) is 0 Å². The Hall–Kier alpha value is -3.74. The van der Waals surface area contributed by atoms with Gasteiger partial charge in [0.1, 0.15) is 17.3 Å². The number of nitrogens with one attached hydrogen (secondary N) is 1. The molecular formula is C23H21FN4O2. The second kappa shape index (κ2) is 7.94. The van der Waals surface area contributed by atoms with Gasteiger partial charge in [0.25, 0.3) is 5.91 Å². The van der Waals surface area contributed by atoms with Crippen LogP contribution in [0.1, 0.15) is 33.2 Å². The standard InChI is InChI=1S/C23H21FN4O2/c1-14-11-15(2)28(27-14)13-21-16(3)30-23(26-21)17-7-9-20(10-8-17)25-22(29)18-5-4-6-19(24)12-18/h4-12H,13H2,1-3H3,(H,25,29). The number of aryl methyl sites for hydroxylation is 3. The summed E-state index contributed by atoms with van der Waals surface area (Å²) in [4.78, 5) is 16.9. The molecule has 0 saturated carbocycles. The fourth-order valence-electron chi connectivity index (χ4n) is 3.20. The number of amides is 1. The zero-order chi connectivity index (χ0) is 21.3. The predicted molar refractivity (Wildman–Crippen MR) is 112 cm³/mol. The lowest BCUT2D eigenvalue weighted by Gasteiger charge is -2.06. The number of aromatic nitrogens is 3. The first-order valence-corrected chi connectivity index (χ1v) is 9.54. The van der Waals surface area contributed by atoms with Gasteiger partial charge in [-0.2, -0.15) is 5.10 Å². The molecule has 0 atom stereocenters. The number of anilines is 1. The van der Waals surface area contributed by atoms with Crippen molar-refractivity contribution in [2.24, 2.45) is 0 Å². The molecule has 0 radical (unpaired) electrons. The van der Waals surface area contributed by atoms with Crippen molar-refractivity contribution < 1.29 is 13.6 Å². The molecule has 152 valence electrons. The van der Waals surface area contributed by atoms with Crippen LogP contribution in [-0.4, -0.2) is 20.7 Å². The minimum absolute atomic E-state index is 0.260. The Balaban J connectivity index is 1.49. The number of oxazole rings is 1. The Morgan fingerprint density at radius 1 is 1.10 bits per heavy atom. The van der Waals surface area contributed by atoms with Gasteiger partial charge in [-0.1, -0.05) is 6.07 Å². The van der Waals surface area contributed by atoms with Crippen LogP contribution in [0.2, 0.25) is 0 Å². The quantitative estimate of drug-likeness (QED) is 0.513. The summed E-state index contributed by atoms with van der Waals surface area (Å²) in [5.74, 6) is 0.419. The highest BCUT2D eigenvalue weighted by Gasteiger charge is 2.14. The van der Waals surface area contributed by atoms with Crippen molar-refractivity contribution in [1.82, 2.24) is 14.8 Å². The Morgan fingerprint density at radius 2 is 1.87 bits per heavy atom. The number of rotatable bonds is 5. The molecule has 6 nitrogen and oxygen atoms in total. The van der Waals surface area contributed by atoms with Gasteiger partial charge in [0.15, 0.2) is 0 Å². The van der Waals surface area contributed by atoms with E-state index < -0.39 is 5.82 Å². The summed E-state index contributed by atoms with van der Waals surface area (Å²) in [5.41, 5.74) is 4.50. The second-order valence-corrected chi connectivity index (χ2v) is 7.15. The molecule has 1 N–H and O–H groups in total. The maximum atomic E-state index is 13.3. The lowest BCUT2D eigenvalue weighted by atomic mass is 10.1. The summed E-state index contributed by atoms with van der Waals surface area (Å²) in [5, 5.41) is 7.22. The van der Waals surface area contributed by atoms with Crippen molar-refractivity contribution in [3.8, 4) is 11.5 Å². The van der Waals surface area contributed by atoms with Crippen molar-refractivity contribution in [2.75, 3.05) is 5.32 Å². The van der Waals surface area contributed by atoms with Gasteiger partial charge >= 0.3 is 0 Å².